The normalized spacial score (nSPS) is 23.0. The first-order valence-corrected chi connectivity index (χ1v) is 11.6. The first-order valence-electron chi connectivity index (χ1n) is 9.94. The molecule has 0 aliphatic carbocycles. The van der Waals surface area contributed by atoms with E-state index in [9.17, 15) is 18.0 Å². The van der Waals surface area contributed by atoms with Gasteiger partial charge in [-0.05, 0) is 32.3 Å². The number of benzene rings is 1. The van der Waals surface area contributed by atoms with Crippen LogP contribution < -0.4 is 5.32 Å². The van der Waals surface area contributed by atoms with E-state index in [-0.39, 0.29) is 42.0 Å². The van der Waals surface area contributed by atoms with Crippen LogP contribution in [0.3, 0.4) is 0 Å². The Kier molecular flexibility index (Phi) is 6.40. The number of nitrogens with zero attached hydrogens (tertiary/aromatic N) is 2. The molecule has 0 aromatic heterocycles. The fourth-order valence-electron chi connectivity index (χ4n) is 3.97. The number of sulfonamides is 1. The summed E-state index contributed by atoms with van der Waals surface area (Å²) in [5.74, 6) is -0.353. The molecule has 2 fully saturated rings. The van der Waals surface area contributed by atoms with Crippen molar-refractivity contribution in [2.75, 3.05) is 25.4 Å². The Morgan fingerprint density at radius 3 is 2.46 bits per heavy atom. The molecule has 0 bridgehead atoms. The number of likely N-dealkylation sites (tertiary alicyclic amines) is 1. The van der Waals surface area contributed by atoms with Gasteiger partial charge in [0.25, 0.3) is 0 Å². The summed E-state index contributed by atoms with van der Waals surface area (Å²) < 4.78 is 25.4. The summed E-state index contributed by atoms with van der Waals surface area (Å²) in [6.45, 7) is 4.91. The Balaban J connectivity index is 1.53. The van der Waals surface area contributed by atoms with E-state index in [0.717, 1.165) is 5.56 Å². The average Bonchev–Trinajstić information content (AvgIpc) is 3.10. The summed E-state index contributed by atoms with van der Waals surface area (Å²) in [4.78, 5) is 26.9. The Hall–Kier alpha value is -1.93. The van der Waals surface area contributed by atoms with Crippen LogP contribution in [-0.4, -0.2) is 60.9 Å². The fraction of sp³-hybridized carbons (Fsp3) is 0.600. The molecular formula is C20H29N3O4S. The first-order chi connectivity index (χ1) is 13.3. The van der Waals surface area contributed by atoms with E-state index >= 15 is 0 Å². The molecule has 8 heteroatoms. The maximum atomic E-state index is 12.7. The highest BCUT2D eigenvalue weighted by Gasteiger charge is 2.38. The molecule has 0 radical (unpaired) electrons. The molecule has 28 heavy (non-hydrogen) atoms. The third-order valence-electron chi connectivity index (χ3n) is 5.84. The van der Waals surface area contributed by atoms with Crippen LogP contribution in [0.5, 0.6) is 0 Å². The smallest absolute Gasteiger partial charge is 0.225 e. The van der Waals surface area contributed by atoms with Gasteiger partial charge in [-0.15, -0.1) is 0 Å². The maximum absolute atomic E-state index is 12.7. The van der Waals surface area contributed by atoms with Crippen LogP contribution in [0.25, 0.3) is 0 Å². The second-order valence-corrected chi connectivity index (χ2v) is 9.87. The minimum absolute atomic E-state index is 0.000335. The zero-order valence-electron chi connectivity index (χ0n) is 16.5. The van der Waals surface area contributed by atoms with Crippen LogP contribution in [0.4, 0.5) is 0 Å². The van der Waals surface area contributed by atoms with Crippen LogP contribution >= 0.6 is 0 Å². The first kappa shape index (κ1) is 20.8. The van der Waals surface area contributed by atoms with Crippen molar-refractivity contribution in [3.63, 3.8) is 0 Å². The van der Waals surface area contributed by atoms with Gasteiger partial charge in [0, 0.05) is 32.1 Å². The number of carbonyl (C=O) groups is 2. The molecule has 2 heterocycles. The summed E-state index contributed by atoms with van der Waals surface area (Å²) in [5.41, 5.74) is 1.06. The Labute approximate surface area is 167 Å². The van der Waals surface area contributed by atoms with Crippen molar-refractivity contribution in [3.8, 4) is 0 Å². The third-order valence-corrected chi connectivity index (χ3v) is 7.72. The molecular weight excluding hydrogens is 378 g/mol. The molecule has 7 nitrogen and oxygen atoms in total. The highest BCUT2D eigenvalue weighted by Crippen LogP contribution is 2.28. The lowest BCUT2D eigenvalue weighted by Gasteiger charge is -2.32. The predicted octanol–water partition coefficient (Wildman–Crippen LogP) is 1.53. The van der Waals surface area contributed by atoms with Gasteiger partial charge in [-0.25, -0.2) is 12.7 Å². The highest BCUT2D eigenvalue weighted by molar-refractivity contribution is 7.89. The molecule has 2 aliphatic heterocycles. The molecule has 1 aromatic carbocycles. The minimum atomic E-state index is -3.17. The Bertz CT molecular complexity index is 804. The number of amides is 2. The molecule has 154 valence electrons. The number of carbonyl (C=O) groups excluding carboxylic acids is 2. The number of rotatable bonds is 6. The number of piperidine rings is 1. The molecule has 2 unspecified atom stereocenters. The lowest BCUT2D eigenvalue weighted by atomic mass is 10.0. The number of hydrogen-bond acceptors (Lipinski definition) is 4. The van der Waals surface area contributed by atoms with E-state index in [2.05, 4.69) is 5.32 Å². The van der Waals surface area contributed by atoms with Crippen molar-refractivity contribution in [3.05, 3.63) is 35.9 Å². The zero-order chi connectivity index (χ0) is 20.3. The topological polar surface area (TPSA) is 86.8 Å². The third kappa shape index (κ3) is 4.55. The lowest BCUT2D eigenvalue weighted by Crippen LogP contribution is -2.48. The fourth-order valence-corrected chi connectivity index (χ4v) is 5.11. The van der Waals surface area contributed by atoms with Crippen molar-refractivity contribution in [1.82, 2.24) is 14.5 Å². The lowest BCUT2D eigenvalue weighted by molar-refractivity contribution is -0.130. The molecule has 1 aromatic rings. The summed E-state index contributed by atoms with van der Waals surface area (Å²) >= 11 is 0. The minimum Gasteiger partial charge on any atom is -0.353 e. The van der Waals surface area contributed by atoms with Gasteiger partial charge in [0.05, 0.1) is 17.7 Å². The largest absolute Gasteiger partial charge is 0.353 e. The van der Waals surface area contributed by atoms with Gasteiger partial charge >= 0.3 is 0 Å². The van der Waals surface area contributed by atoms with Gasteiger partial charge < -0.3 is 10.2 Å². The van der Waals surface area contributed by atoms with E-state index < -0.39 is 10.0 Å². The zero-order valence-corrected chi connectivity index (χ0v) is 17.3. The predicted molar refractivity (Wildman–Crippen MR) is 107 cm³/mol. The highest BCUT2D eigenvalue weighted by atomic mass is 32.2. The van der Waals surface area contributed by atoms with Gasteiger partial charge in [0.15, 0.2) is 0 Å². The molecule has 0 spiro atoms. The molecule has 2 amide bonds. The second kappa shape index (κ2) is 8.61. The van der Waals surface area contributed by atoms with Gasteiger partial charge in [0.1, 0.15) is 0 Å². The standard InChI is InChI=1S/C20H29N3O4S/c1-3-28(26,27)22-11-9-18(10-12-22)21-20(25)17-13-19(24)23(14-17)15(2)16-7-5-4-6-8-16/h4-8,15,17-18H,3,9-14H2,1-2H3,(H,21,25). The quantitative estimate of drug-likeness (QED) is 0.775. The summed E-state index contributed by atoms with van der Waals surface area (Å²) in [5, 5.41) is 3.03. The van der Waals surface area contributed by atoms with Crippen LogP contribution in [0, 0.1) is 5.92 Å². The van der Waals surface area contributed by atoms with Crippen molar-refractivity contribution >= 4 is 21.8 Å². The molecule has 2 saturated heterocycles. The van der Waals surface area contributed by atoms with Crippen molar-refractivity contribution in [2.24, 2.45) is 5.92 Å². The van der Waals surface area contributed by atoms with Gasteiger partial charge in [0.2, 0.25) is 21.8 Å². The summed E-state index contributed by atoms with van der Waals surface area (Å²) in [6.07, 6.45) is 1.44. The monoisotopic (exact) mass is 407 g/mol. The molecule has 3 rings (SSSR count). The van der Waals surface area contributed by atoms with Gasteiger partial charge in [-0.3, -0.25) is 9.59 Å². The molecule has 2 atom stereocenters. The van der Waals surface area contributed by atoms with Crippen molar-refractivity contribution < 1.29 is 18.0 Å². The number of hydrogen-bond donors (Lipinski definition) is 1. The second-order valence-electron chi connectivity index (χ2n) is 7.62. The van der Waals surface area contributed by atoms with Crippen LogP contribution in [0.2, 0.25) is 0 Å². The Morgan fingerprint density at radius 2 is 1.86 bits per heavy atom. The van der Waals surface area contributed by atoms with Gasteiger partial charge in [-0.1, -0.05) is 30.3 Å². The molecule has 0 saturated carbocycles. The van der Waals surface area contributed by atoms with E-state index in [1.807, 2.05) is 37.3 Å². The Morgan fingerprint density at radius 1 is 1.21 bits per heavy atom. The molecule has 2 aliphatic rings. The van der Waals surface area contributed by atoms with E-state index in [1.165, 1.54) is 4.31 Å². The van der Waals surface area contributed by atoms with E-state index in [4.69, 9.17) is 0 Å². The van der Waals surface area contributed by atoms with Crippen LogP contribution in [-0.2, 0) is 19.6 Å². The average molecular weight is 408 g/mol. The number of nitrogens with one attached hydrogen (secondary N) is 1. The van der Waals surface area contributed by atoms with Crippen LogP contribution in [0.15, 0.2) is 30.3 Å². The van der Waals surface area contributed by atoms with E-state index in [0.29, 0.717) is 32.5 Å². The maximum Gasteiger partial charge on any atom is 0.225 e. The summed E-state index contributed by atoms with van der Waals surface area (Å²) in [6, 6.07) is 9.71. The van der Waals surface area contributed by atoms with Gasteiger partial charge in [-0.2, -0.15) is 0 Å². The van der Waals surface area contributed by atoms with Crippen molar-refractivity contribution in [2.45, 2.75) is 45.2 Å². The van der Waals surface area contributed by atoms with E-state index in [1.54, 1.807) is 11.8 Å². The molecule has 1 N–H and O–H groups in total. The summed E-state index contributed by atoms with van der Waals surface area (Å²) in [7, 11) is -3.17. The SMILES string of the molecule is CCS(=O)(=O)N1CCC(NC(=O)C2CC(=O)N(C(C)c3ccccc3)C2)CC1. The van der Waals surface area contributed by atoms with Crippen molar-refractivity contribution in [1.29, 1.82) is 0 Å². The van der Waals surface area contributed by atoms with Crippen LogP contribution in [0.1, 0.15) is 44.7 Å².